The Kier molecular flexibility index (Phi) is 3.60. The maximum absolute atomic E-state index is 11.6. The first kappa shape index (κ1) is 13.7. The number of carbonyl (C=O) groups excluding carboxylic acids is 2. The molecule has 3 atom stereocenters. The summed E-state index contributed by atoms with van der Waals surface area (Å²) in [5, 5.41) is 0. The third-order valence-electron chi connectivity index (χ3n) is 4.67. The van der Waals surface area contributed by atoms with E-state index in [1.54, 1.807) is 6.92 Å². The molecule has 0 unspecified atom stereocenters. The molecule has 102 valence electrons. The fourth-order valence-electron chi connectivity index (χ4n) is 3.76. The van der Waals surface area contributed by atoms with Crippen molar-refractivity contribution in [3.05, 3.63) is 0 Å². The van der Waals surface area contributed by atoms with E-state index in [4.69, 9.17) is 9.47 Å². The fourth-order valence-corrected chi connectivity index (χ4v) is 3.76. The summed E-state index contributed by atoms with van der Waals surface area (Å²) in [5.74, 6) is -0.239. The van der Waals surface area contributed by atoms with E-state index in [-0.39, 0.29) is 17.6 Å². The second kappa shape index (κ2) is 4.74. The van der Waals surface area contributed by atoms with Gasteiger partial charge in [0.2, 0.25) is 0 Å². The van der Waals surface area contributed by atoms with Crippen LogP contribution in [0.2, 0.25) is 0 Å². The highest BCUT2D eigenvalue weighted by molar-refractivity contribution is 5.75. The molecule has 0 radical (unpaired) electrons. The number of rotatable bonds is 4. The molecule has 4 nitrogen and oxygen atoms in total. The van der Waals surface area contributed by atoms with Gasteiger partial charge in [-0.15, -0.1) is 0 Å². The van der Waals surface area contributed by atoms with Crippen LogP contribution in [-0.2, 0) is 19.1 Å². The molecular formula is C14H22O4. The molecule has 1 heterocycles. The quantitative estimate of drug-likeness (QED) is 0.720. The molecule has 0 aromatic rings. The lowest BCUT2D eigenvalue weighted by Gasteiger charge is -2.39. The molecule has 2 fully saturated rings. The lowest BCUT2D eigenvalue weighted by atomic mass is 9.71. The average molecular weight is 254 g/mol. The number of Topliss-reactive ketones (excluding diaryl/α,β-unsaturated/α-hetero) is 1. The Labute approximate surface area is 108 Å². The third kappa shape index (κ3) is 1.91. The first-order chi connectivity index (χ1) is 8.45. The van der Waals surface area contributed by atoms with Gasteiger partial charge in [0.1, 0.15) is 12.1 Å². The van der Waals surface area contributed by atoms with Crippen molar-refractivity contribution >= 4 is 12.1 Å². The number of ether oxygens (including phenoxy) is 2. The molecule has 1 aliphatic heterocycles. The Morgan fingerprint density at radius 2 is 2.06 bits per heavy atom. The molecule has 0 N–H and O–H groups in total. The summed E-state index contributed by atoms with van der Waals surface area (Å²) in [5.41, 5.74) is -0.641. The van der Waals surface area contributed by atoms with Crippen LogP contribution in [0.15, 0.2) is 0 Å². The van der Waals surface area contributed by atoms with Crippen molar-refractivity contribution in [3.8, 4) is 0 Å². The van der Waals surface area contributed by atoms with Crippen LogP contribution in [0.5, 0.6) is 0 Å². The van der Waals surface area contributed by atoms with E-state index >= 15 is 0 Å². The predicted octanol–water partition coefficient (Wildman–Crippen LogP) is 1.96. The van der Waals surface area contributed by atoms with Crippen LogP contribution in [0.1, 0.15) is 40.0 Å². The Morgan fingerprint density at radius 3 is 2.56 bits per heavy atom. The zero-order valence-corrected chi connectivity index (χ0v) is 11.4. The fraction of sp³-hybridized carbons (Fsp3) is 0.857. The number of carbonyl (C=O) groups is 2. The summed E-state index contributed by atoms with van der Waals surface area (Å²) in [6, 6.07) is 0. The molecule has 0 bridgehead atoms. The van der Waals surface area contributed by atoms with Crippen molar-refractivity contribution in [1.29, 1.82) is 0 Å². The summed E-state index contributed by atoms with van der Waals surface area (Å²) >= 11 is 0. The lowest BCUT2D eigenvalue weighted by Crippen LogP contribution is -2.48. The zero-order chi connectivity index (χ0) is 13.4. The molecular weight excluding hydrogens is 232 g/mol. The van der Waals surface area contributed by atoms with Crippen LogP contribution < -0.4 is 0 Å². The maximum Gasteiger partial charge on any atom is 0.180 e. The molecule has 0 aromatic carbocycles. The van der Waals surface area contributed by atoms with E-state index in [9.17, 15) is 9.59 Å². The van der Waals surface area contributed by atoms with Gasteiger partial charge in [0.25, 0.3) is 0 Å². The van der Waals surface area contributed by atoms with Gasteiger partial charge in [-0.2, -0.15) is 0 Å². The molecule has 1 saturated carbocycles. The van der Waals surface area contributed by atoms with Gasteiger partial charge in [-0.05, 0) is 32.1 Å². The van der Waals surface area contributed by atoms with Gasteiger partial charge < -0.3 is 19.1 Å². The van der Waals surface area contributed by atoms with E-state index in [1.807, 2.05) is 13.8 Å². The molecule has 2 rings (SSSR count). The molecule has 1 aliphatic carbocycles. The largest absolute Gasteiger partial charge is 0.347 e. The summed E-state index contributed by atoms with van der Waals surface area (Å²) in [4.78, 5) is 22.9. The summed E-state index contributed by atoms with van der Waals surface area (Å²) < 4.78 is 11.5. The minimum Gasteiger partial charge on any atom is -0.347 e. The van der Waals surface area contributed by atoms with E-state index in [1.165, 1.54) is 0 Å². The van der Waals surface area contributed by atoms with Crippen molar-refractivity contribution in [1.82, 2.24) is 0 Å². The molecule has 0 aromatic heterocycles. The van der Waals surface area contributed by atoms with Gasteiger partial charge in [-0.25, -0.2) is 0 Å². The van der Waals surface area contributed by atoms with E-state index in [2.05, 4.69) is 0 Å². The van der Waals surface area contributed by atoms with E-state index in [0.29, 0.717) is 19.6 Å². The zero-order valence-electron chi connectivity index (χ0n) is 11.4. The second-order valence-corrected chi connectivity index (χ2v) is 5.88. The number of hydrogen-bond donors (Lipinski definition) is 0. The first-order valence-corrected chi connectivity index (χ1v) is 6.69. The molecule has 2 aliphatic rings. The molecule has 0 amide bonds. The van der Waals surface area contributed by atoms with E-state index in [0.717, 1.165) is 19.1 Å². The van der Waals surface area contributed by atoms with Crippen LogP contribution in [-0.4, -0.2) is 31.1 Å². The predicted molar refractivity (Wildman–Crippen MR) is 66.0 cm³/mol. The Morgan fingerprint density at radius 1 is 1.44 bits per heavy atom. The minimum atomic E-state index is -0.746. The van der Waals surface area contributed by atoms with Gasteiger partial charge in [0, 0.05) is 12.8 Å². The Bertz CT molecular complexity index is 346. The normalized spacial score (nSPS) is 35.8. The Balaban J connectivity index is 2.22. The number of aldehydes is 1. The minimum absolute atomic E-state index is 0.150. The van der Waals surface area contributed by atoms with Gasteiger partial charge in [0.15, 0.2) is 5.79 Å². The highest BCUT2D eigenvalue weighted by atomic mass is 16.7. The molecule has 18 heavy (non-hydrogen) atoms. The van der Waals surface area contributed by atoms with Crippen LogP contribution in [0.4, 0.5) is 0 Å². The highest BCUT2D eigenvalue weighted by Gasteiger charge is 2.62. The standard InChI is InChI=1S/C14H22O4/c1-10(8-11(2)16)12-4-5-14(13(12,3)9-15)17-6-7-18-14/h9-10,12H,4-8H2,1-3H3/t10-,12-,13-/m0/s1. The van der Waals surface area contributed by atoms with Gasteiger partial charge in [-0.1, -0.05) is 6.92 Å². The molecule has 1 spiro atoms. The molecule has 1 saturated heterocycles. The van der Waals surface area contributed by atoms with Gasteiger partial charge in [-0.3, -0.25) is 0 Å². The third-order valence-corrected chi connectivity index (χ3v) is 4.67. The summed E-state index contributed by atoms with van der Waals surface area (Å²) in [6.45, 7) is 6.66. The smallest absolute Gasteiger partial charge is 0.180 e. The number of hydrogen-bond acceptors (Lipinski definition) is 4. The van der Waals surface area contributed by atoms with Crippen molar-refractivity contribution in [2.45, 2.75) is 45.8 Å². The number of ketones is 1. The molecule has 4 heteroatoms. The lowest BCUT2D eigenvalue weighted by molar-refractivity contribution is -0.217. The Hall–Kier alpha value is -0.740. The van der Waals surface area contributed by atoms with Crippen LogP contribution in [0.25, 0.3) is 0 Å². The van der Waals surface area contributed by atoms with Crippen molar-refractivity contribution in [3.63, 3.8) is 0 Å². The summed E-state index contributed by atoms with van der Waals surface area (Å²) in [7, 11) is 0. The topological polar surface area (TPSA) is 52.6 Å². The first-order valence-electron chi connectivity index (χ1n) is 6.69. The van der Waals surface area contributed by atoms with Crippen molar-refractivity contribution in [2.24, 2.45) is 17.3 Å². The van der Waals surface area contributed by atoms with Crippen molar-refractivity contribution < 1.29 is 19.1 Å². The van der Waals surface area contributed by atoms with Gasteiger partial charge >= 0.3 is 0 Å². The highest BCUT2D eigenvalue weighted by Crippen LogP contribution is 2.56. The maximum atomic E-state index is 11.6. The average Bonchev–Trinajstić information content (AvgIpc) is 2.87. The summed E-state index contributed by atoms with van der Waals surface area (Å²) in [6.07, 6.45) is 3.12. The van der Waals surface area contributed by atoms with Gasteiger partial charge in [0.05, 0.1) is 18.6 Å². The van der Waals surface area contributed by atoms with Crippen LogP contribution in [0.3, 0.4) is 0 Å². The van der Waals surface area contributed by atoms with Crippen molar-refractivity contribution in [2.75, 3.05) is 13.2 Å². The second-order valence-electron chi connectivity index (χ2n) is 5.88. The van der Waals surface area contributed by atoms with Crippen LogP contribution in [0, 0.1) is 17.3 Å². The SMILES string of the molecule is CC(=O)C[C@H](C)[C@@H]1CCC2(OCCO2)[C@@]1(C)C=O. The monoisotopic (exact) mass is 254 g/mol. The van der Waals surface area contributed by atoms with Crippen LogP contribution >= 0.6 is 0 Å². The van der Waals surface area contributed by atoms with E-state index < -0.39 is 11.2 Å².